The molecule has 0 saturated heterocycles. The second-order valence-electron chi connectivity index (χ2n) is 8.40. The summed E-state index contributed by atoms with van der Waals surface area (Å²) in [5.74, 6) is -0.560. The second-order valence-corrected chi connectivity index (χ2v) is 10.3. The van der Waals surface area contributed by atoms with Gasteiger partial charge in [-0.1, -0.05) is 32.0 Å². The zero-order chi connectivity index (χ0) is 27.8. The molecule has 0 aliphatic heterocycles. The molecule has 204 valence electrons. The molecule has 1 unspecified atom stereocenters. The molecule has 37 heavy (non-hydrogen) atoms. The van der Waals surface area contributed by atoms with Crippen LogP contribution in [0.2, 0.25) is 0 Å². The summed E-state index contributed by atoms with van der Waals surface area (Å²) in [5.41, 5.74) is -0.703. The van der Waals surface area contributed by atoms with Crippen LogP contribution in [0.15, 0.2) is 48.5 Å². The average molecular weight is 544 g/mol. The number of rotatable bonds is 12. The Labute approximate surface area is 215 Å². The van der Waals surface area contributed by atoms with Gasteiger partial charge in [0.1, 0.15) is 18.3 Å². The fourth-order valence-corrected chi connectivity index (χ4v) is 4.51. The van der Waals surface area contributed by atoms with Crippen molar-refractivity contribution in [2.45, 2.75) is 45.5 Å². The molecular weight excluding hydrogens is 511 g/mol. The van der Waals surface area contributed by atoms with E-state index in [-0.39, 0.29) is 18.7 Å². The molecule has 8 nitrogen and oxygen atoms in total. The van der Waals surface area contributed by atoms with E-state index in [0.29, 0.717) is 34.7 Å². The molecular formula is C25H32F3N3O5S. The van der Waals surface area contributed by atoms with E-state index in [0.717, 1.165) is 18.4 Å². The lowest BCUT2D eigenvalue weighted by molar-refractivity contribution is -0.140. The van der Waals surface area contributed by atoms with Gasteiger partial charge in [-0.05, 0) is 48.7 Å². The number of anilines is 1. The van der Waals surface area contributed by atoms with Crippen LogP contribution in [0.1, 0.15) is 37.8 Å². The van der Waals surface area contributed by atoms with E-state index in [1.54, 1.807) is 31.2 Å². The number of methoxy groups -OCH3 is 1. The quantitative estimate of drug-likeness (QED) is 0.439. The summed E-state index contributed by atoms with van der Waals surface area (Å²) in [4.78, 5) is 27.7. The van der Waals surface area contributed by atoms with Crippen molar-refractivity contribution in [2.75, 3.05) is 30.8 Å². The predicted molar refractivity (Wildman–Crippen MR) is 135 cm³/mol. The number of hydrogen-bond acceptors (Lipinski definition) is 5. The van der Waals surface area contributed by atoms with Crippen molar-refractivity contribution in [2.24, 2.45) is 0 Å². The average Bonchev–Trinajstić information content (AvgIpc) is 2.85. The maximum absolute atomic E-state index is 13.6. The van der Waals surface area contributed by atoms with Crippen LogP contribution in [0.4, 0.5) is 18.9 Å². The summed E-state index contributed by atoms with van der Waals surface area (Å²) in [6, 6.07) is 9.59. The summed E-state index contributed by atoms with van der Waals surface area (Å²) in [6.45, 7) is 3.17. The monoisotopic (exact) mass is 543 g/mol. The third-order valence-electron chi connectivity index (χ3n) is 5.59. The second kappa shape index (κ2) is 12.8. The number of amides is 2. The topological polar surface area (TPSA) is 96.0 Å². The van der Waals surface area contributed by atoms with Gasteiger partial charge in [-0.15, -0.1) is 0 Å². The number of carbonyl (C=O) groups is 2. The molecule has 0 aromatic heterocycles. The highest BCUT2D eigenvalue weighted by Crippen LogP contribution is 2.32. The number of nitrogens with zero attached hydrogens (tertiary/aromatic N) is 2. The third kappa shape index (κ3) is 8.38. The summed E-state index contributed by atoms with van der Waals surface area (Å²) < 4.78 is 70.7. The summed E-state index contributed by atoms with van der Waals surface area (Å²) in [7, 11) is -2.65. The van der Waals surface area contributed by atoms with Crippen LogP contribution in [-0.4, -0.2) is 57.6 Å². The lowest BCUT2D eigenvalue weighted by Crippen LogP contribution is -2.52. The molecule has 2 rings (SSSR count). The van der Waals surface area contributed by atoms with Crippen LogP contribution in [0.5, 0.6) is 5.75 Å². The Bertz CT molecular complexity index is 1170. The Morgan fingerprint density at radius 1 is 1.08 bits per heavy atom. The summed E-state index contributed by atoms with van der Waals surface area (Å²) >= 11 is 0. The summed E-state index contributed by atoms with van der Waals surface area (Å²) in [6.07, 6.45) is -2.99. The van der Waals surface area contributed by atoms with Gasteiger partial charge in [-0.3, -0.25) is 13.9 Å². The van der Waals surface area contributed by atoms with Gasteiger partial charge in [-0.25, -0.2) is 8.42 Å². The van der Waals surface area contributed by atoms with Gasteiger partial charge in [-0.2, -0.15) is 13.2 Å². The van der Waals surface area contributed by atoms with Crippen LogP contribution >= 0.6 is 0 Å². The van der Waals surface area contributed by atoms with Gasteiger partial charge >= 0.3 is 6.18 Å². The van der Waals surface area contributed by atoms with Crippen LogP contribution < -0.4 is 14.4 Å². The van der Waals surface area contributed by atoms with Crippen molar-refractivity contribution in [3.8, 4) is 5.75 Å². The summed E-state index contributed by atoms with van der Waals surface area (Å²) in [5, 5.41) is 2.75. The number of hydrogen-bond donors (Lipinski definition) is 1. The van der Waals surface area contributed by atoms with E-state index in [1.807, 2.05) is 6.92 Å². The van der Waals surface area contributed by atoms with Gasteiger partial charge in [0.2, 0.25) is 21.8 Å². The molecule has 0 heterocycles. The number of sulfonamides is 1. The molecule has 2 amide bonds. The SMILES string of the molecule is CCCNC(=O)C(CC)N(Cc1ccc(OC)cc1)C(=O)CN(c1cccc(C(F)(F)F)c1)S(C)(=O)=O. The smallest absolute Gasteiger partial charge is 0.416 e. The molecule has 0 spiro atoms. The first-order valence-electron chi connectivity index (χ1n) is 11.7. The standard InChI is InChI=1S/C25H32F3N3O5S/c1-5-14-29-24(33)22(6-2)30(16-18-10-12-21(36-3)13-11-18)23(32)17-31(37(4,34)35)20-9-7-8-19(15-20)25(26,27)28/h7-13,15,22H,5-6,14,16-17H2,1-4H3,(H,29,33). The van der Waals surface area contributed by atoms with Crippen LogP contribution in [0.3, 0.4) is 0 Å². The number of halogens is 3. The Morgan fingerprint density at radius 2 is 1.73 bits per heavy atom. The normalized spacial score (nSPS) is 12.5. The van der Waals surface area contributed by atoms with Gasteiger partial charge in [0, 0.05) is 13.1 Å². The minimum Gasteiger partial charge on any atom is -0.497 e. The van der Waals surface area contributed by atoms with E-state index in [4.69, 9.17) is 4.74 Å². The largest absolute Gasteiger partial charge is 0.497 e. The zero-order valence-corrected chi connectivity index (χ0v) is 22.0. The maximum Gasteiger partial charge on any atom is 0.416 e. The maximum atomic E-state index is 13.6. The van der Waals surface area contributed by atoms with Crippen LogP contribution in [-0.2, 0) is 32.3 Å². The Balaban J connectivity index is 2.47. The molecule has 2 aromatic rings. The number of benzene rings is 2. The van der Waals surface area contributed by atoms with Gasteiger partial charge in [0.05, 0.1) is 24.6 Å². The minimum atomic E-state index is -4.70. The third-order valence-corrected chi connectivity index (χ3v) is 6.73. The lowest BCUT2D eigenvalue weighted by atomic mass is 10.1. The molecule has 0 radical (unpaired) electrons. The number of alkyl halides is 3. The highest BCUT2D eigenvalue weighted by molar-refractivity contribution is 7.92. The van der Waals surface area contributed by atoms with E-state index in [9.17, 15) is 31.2 Å². The van der Waals surface area contributed by atoms with Crippen molar-refractivity contribution >= 4 is 27.5 Å². The highest BCUT2D eigenvalue weighted by Gasteiger charge is 2.34. The molecule has 1 N–H and O–H groups in total. The highest BCUT2D eigenvalue weighted by atomic mass is 32.2. The Morgan fingerprint density at radius 3 is 2.24 bits per heavy atom. The van der Waals surface area contributed by atoms with Crippen molar-refractivity contribution in [1.82, 2.24) is 10.2 Å². The first kappa shape index (κ1) is 29.9. The Hall–Kier alpha value is -3.28. The molecule has 1 atom stereocenters. The van der Waals surface area contributed by atoms with Crippen LogP contribution in [0.25, 0.3) is 0 Å². The minimum absolute atomic E-state index is 0.0267. The van der Waals surface area contributed by atoms with Crippen LogP contribution in [0, 0.1) is 0 Å². The van der Waals surface area contributed by atoms with Crippen molar-refractivity contribution in [3.05, 3.63) is 59.7 Å². The molecule has 0 saturated carbocycles. The molecule has 12 heteroatoms. The number of ether oxygens (including phenoxy) is 1. The number of nitrogens with one attached hydrogen (secondary N) is 1. The van der Waals surface area contributed by atoms with E-state index < -0.39 is 46.2 Å². The zero-order valence-electron chi connectivity index (χ0n) is 21.2. The molecule has 0 aliphatic rings. The molecule has 0 bridgehead atoms. The molecule has 0 fully saturated rings. The van der Waals surface area contributed by atoms with Gasteiger partial charge in [0.25, 0.3) is 0 Å². The van der Waals surface area contributed by atoms with Gasteiger partial charge in [0.15, 0.2) is 0 Å². The predicted octanol–water partition coefficient (Wildman–Crippen LogP) is 3.81. The Kier molecular flexibility index (Phi) is 10.4. The van der Waals surface area contributed by atoms with E-state index in [1.165, 1.54) is 18.1 Å². The van der Waals surface area contributed by atoms with Crippen molar-refractivity contribution in [3.63, 3.8) is 0 Å². The van der Waals surface area contributed by atoms with Crippen molar-refractivity contribution in [1.29, 1.82) is 0 Å². The fourth-order valence-electron chi connectivity index (χ4n) is 3.66. The van der Waals surface area contributed by atoms with E-state index in [2.05, 4.69) is 5.32 Å². The number of carbonyl (C=O) groups excluding carboxylic acids is 2. The fraction of sp³-hybridized carbons (Fsp3) is 0.440. The van der Waals surface area contributed by atoms with Gasteiger partial charge < -0.3 is 15.0 Å². The first-order chi connectivity index (χ1) is 17.3. The molecule has 2 aromatic carbocycles. The van der Waals surface area contributed by atoms with E-state index >= 15 is 0 Å². The first-order valence-corrected chi connectivity index (χ1v) is 13.5. The lowest BCUT2D eigenvalue weighted by Gasteiger charge is -2.33. The molecule has 0 aliphatic carbocycles. The van der Waals surface area contributed by atoms with Crippen molar-refractivity contribution < 1.29 is 35.9 Å².